The molecule has 0 amide bonds. The highest BCUT2D eigenvalue weighted by molar-refractivity contribution is 5.71. The molecule has 0 fully saturated rings. The van der Waals surface area contributed by atoms with Gasteiger partial charge in [0.25, 0.3) is 0 Å². The molecule has 1 aromatic carbocycles. The third-order valence-corrected chi connectivity index (χ3v) is 3.52. The lowest BCUT2D eigenvalue weighted by Gasteiger charge is -2.05. The lowest BCUT2D eigenvalue weighted by molar-refractivity contribution is 0.733. The van der Waals surface area contributed by atoms with Crippen molar-refractivity contribution in [2.75, 3.05) is 11.9 Å². The van der Waals surface area contributed by atoms with E-state index in [1.165, 1.54) is 28.1 Å². The molecule has 0 atom stereocenters. The average Bonchev–Trinajstić information content (AvgIpc) is 2.95. The molecule has 3 rings (SSSR count). The van der Waals surface area contributed by atoms with Gasteiger partial charge in [-0.1, -0.05) is 19.4 Å². The number of benzene rings is 1. The van der Waals surface area contributed by atoms with Crippen LogP contribution in [0.2, 0.25) is 0 Å². The molecule has 1 N–H and O–H groups in total. The van der Waals surface area contributed by atoms with Gasteiger partial charge in [-0.2, -0.15) is 5.10 Å². The van der Waals surface area contributed by atoms with E-state index in [1.807, 2.05) is 11.7 Å². The molecule has 0 aliphatic carbocycles. The third kappa shape index (κ3) is 1.90. The Balaban J connectivity index is 2.03. The van der Waals surface area contributed by atoms with Gasteiger partial charge >= 0.3 is 0 Å². The van der Waals surface area contributed by atoms with E-state index in [-0.39, 0.29) is 0 Å². The standard InChI is InChI=1S/C15H19N3/c1-3-4-15-13(10-18(2)17-15)11-5-6-14-12(9-11)7-8-16-14/h5-6,9-10,16H,3-4,7-8H2,1-2H3. The second kappa shape index (κ2) is 4.48. The summed E-state index contributed by atoms with van der Waals surface area (Å²) in [4.78, 5) is 0. The monoisotopic (exact) mass is 241 g/mol. The Hall–Kier alpha value is -1.77. The zero-order valence-corrected chi connectivity index (χ0v) is 11.0. The van der Waals surface area contributed by atoms with Crippen molar-refractivity contribution in [3.63, 3.8) is 0 Å². The van der Waals surface area contributed by atoms with E-state index in [4.69, 9.17) is 0 Å². The van der Waals surface area contributed by atoms with Crippen molar-refractivity contribution in [1.29, 1.82) is 0 Å². The molecule has 18 heavy (non-hydrogen) atoms. The summed E-state index contributed by atoms with van der Waals surface area (Å²) in [5.41, 5.74) is 6.52. The van der Waals surface area contributed by atoms with Gasteiger partial charge in [-0.15, -0.1) is 0 Å². The summed E-state index contributed by atoms with van der Waals surface area (Å²) in [7, 11) is 2.00. The number of aromatic nitrogens is 2. The first-order chi connectivity index (χ1) is 8.78. The lowest BCUT2D eigenvalue weighted by Crippen LogP contribution is -1.91. The van der Waals surface area contributed by atoms with Crippen molar-refractivity contribution in [3.05, 3.63) is 35.7 Å². The van der Waals surface area contributed by atoms with Crippen LogP contribution in [0.5, 0.6) is 0 Å². The summed E-state index contributed by atoms with van der Waals surface area (Å²) in [6.07, 6.45) is 5.45. The number of aryl methyl sites for hydroxylation is 2. The Morgan fingerprint density at radius 3 is 3.11 bits per heavy atom. The van der Waals surface area contributed by atoms with E-state index in [2.05, 4.69) is 41.7 Å². The average molecular weight is 241 g/mol. The molecule has 0 saturated carbocycles. The largest absolute Gasteiger partial charge is 0.384 e. The molecular formula is C15H19N3. The number of hydrogen-bond acceptors (Lipinski definition) is 2. The highest BCUT2D eigenvalue weighted by atomic mass is 15.2. The molecule has 1 aromatic heterocycles. The summed E-state index contributed by atoms with van der Waals surface area (Å²) in [5.74, 6) is 0. The molecule has 2 heterocycles. The molecule has 0 radical (unpaired) electrons. The molecule has 0 unspecified atom stereocenters. The third-order valence-electron chi connectivity index (χ3n) is 3.52. The Kier molecular flexibility index (Phi) is 2.82. The van der Waals surface area contributed by atoms with Crippen molar-refractivity contribution < 1.29 is 0 Å². The summed E-state index contributed by atoms with van der Waals surface area (Å²) >= 11 is 0. The Morgan fingerprint density at radius 1 is 1.39 bits per heavy atom. The fourth-order valence-corrected chi connectivity index (χ4v) is 2.67. The first-order valence-electron chi connectivity index (χ1n) is 6.67. The smallest absolute Gasteiger partial charge is 0.0702 e. The van der Waals surface area contributed by atoms with Crippen LogP contribution in [-0.4, -0.2) is 16.3 Å². The summed E-state index contributed by atoms with van der Waals surface area (Å²) in [6, 6.07) is 6.71. The predicted octanol–water partition coefficient (Wildman–Crippen LogP) is 3.01. The normalized spacial score (nSPS) is 13.4. The topological polar surface area (TPSA) is 29.9 Å². The van der Waals surface area contributed by atoms with Gasteiger partial charge < -0.3 is 5.32 Å². The zero-order valence-electron chi connectivity index (χ0n) is 11.0. The molecule has 3 nitrogen and oxygen atoms in total. The highest BCUT2D eigenvalue weighted by Crippen LogP contribution is 2.30. The highest BCUT2D eigenvalue weighted by Gasteiger charge is 2.14. The van der Waals surface area contributed by atoms with E-state index >= 15 is 0 Å². The molecule has 1 aliphatic rings. The van der Waals surface area contributed by atoms with Crippen molar-refractivity contribution in [2.24, 2.45) is 7.05 Å². The van der Waals surface area contributed by atoms with Crippen molar-refractivity contribution in [3.8, 4) is 11.1 Å². The number of hydrogen-bond donors (Lipinski definition) is 1. The second-order valence-corrected chi connectivity index (χ2v) is 4.96. The maximum Gasteiger partial charge on any atom is 0.0702 e. The first-order valence-corrected chi connectivity index (χ1v) is 6.67. The SMILES string of the molecule is CCCc1nn(C)cc1-c1ccc2c(c1)CCN2. The van der Waals surface area contributed by atoms with Crippen LogP contribution in [0.15, 0.2) is 24.4 Å². The zero-order chi connectivity index (χ0) is 12.5. The molecule has 0 spiro atoms. The van der Waals surface area contributed by atoms with Crippen LogP contribution >= 0.6 is 0 Å². The summed E-state index contributed by atoms with van der Waals surface area (Å²) in [5, 5.41) is 7.97. The van der Waals surface area contributed by atoms with E-state index in [0.717, 1.165) is 25.8 Å². The van der Waals surface area contributed by atoms with Crippen LogP contribution in [0.1, 0.15) is 24.6 Å². The van der Waals surface area contributed by atoms with Crippen molar-refractivity contribution >= 4 is 5.69 Å². The summed E-state index contributed by atoms with van der Waals surface area (Å²) in [6.45, 7) is 3.26. The molecule has 0 bridgehead atoms. The minimum absolute atomic E-state index is 1.05. The Labute approximate surface area is 108 Å². The van der Waals surface area contributed by atoms with E-state index < -0.39 is 0 Å². The van der Waals surface area contributed by atoms with E-state index in [9.17, 15) is 0 Å². The van der Waals surface area contributed by atoms with Gasteiger partial charge in [-0.05, 0) is 36.1 Å². The maximum atomic E-state index is 4.57. The number of fused-ring (bicyclic) bond motifs is 1. The number of anilines is 1. The number of nitrogens with one attached hydrogen (secondary N) is 1. The van der Waals surface area contributed by atoms with Crippen LogP contribution in [0, 0.1) is 0 Å². The fraction of sp³-hybridized carbons (Fsp3) is 0.400. The Morgan fingerprint density at radius 2 is 2.28 bits per heavy atom. The molecule has 1 aliphatic heterocycles. The molecule has 2 aromatic rings. The predicted molar refractivity (Wildman–Crippen MR) is 74.8 cm³/mol. The van der Waals surface area contributed by atoms with Gasteiger partial charge in [0, 0.05) is 31.0 Å². The quantitative estimate of drug-likeness (QED) is 0.895. The van der Waals surface area contributed by atoms with Crippen LogP contribution in [-0.2, 0) is 19.9 Å². The first kappa shape index (κ1) is 11.3. The van der Waals surface area contributed by atoms with Gasteiger partial charge in [0.15, 0.2) is 0 Å². The minimum atomic E-state index is 1.05. The van der Waals surface area contributed by atoms with Crippen LogP contribution < -0.4 is 5.32 Å². The summed E-state index contributed by atoms with van der Waals surface area (Å²) < 4.78 is 1.92. The molecule has 0 saturated heterocycles. The van der Waals surface area contributed by atoms with Crippen molar-refractivity contribution in [1.82, 2.24) is 9.78 Å². The van der Waals surface area contributed by atoms with Crippen LogP contribution in [0.4, 0.5) is 5.69 Å². The van der Waals surface area contributed by atoms with Gasteiger partial charge in [0.05, 0.1) is 5.69 Å². The maximum absolute atomic E-state index is 4.57. The van der Waals surface area contributed by atoms with Crippen molar-refractivity contribution in [2.45, 2.75) is 26.2 Å². The second-order valence-electron chi connectivity index (χ2n) is 4.96. The minimum Gasteiger partial charge on any atom is -0.384 e. The van der Waals surface area contributed by atoms with Crippen LogP contribution in [0.25, 0.3) is 11.1 Å². The molecule has 3 heteroatoms. The number of rotatable bonds is 3. The molecular weight excluding hydrogens is 222 g/mol. The van der Waals surface area contributed by atoms with Gasteiger partial charge in [0.2, 0.25) is 0 Å². The Bertz CT molecular complexity index is 569. The number of nitrogens with zero attached hydrogens (tertiary/aromatic N) is 2. The molecule has 94 valence electrons. The van der Waals surface area contributed by atoms with Crippen LogP contribution in [0.3, 0.4) is 0 Å². The lowest BCUT2D eigenvalue weighted by atomic mass is 10.0. The van der Waals surface area contributed by atoms with Gasteiger partial charge in [-0.25, -0.2) is 0 Å². The van der Waals surface area contributed by atoms with Gasteiger partial charge in [-0.3, -0.25) is 4.68 Å². The van der Waals surface area contributed by atoms with E-state index in [1.54, 1.807) is 0 Å². The van der Waals surface area contributed by atoms with E-state index in [0.29, 0.717) is 0 Å². The fourth-order valence-electron chi connectivity index (χ4n) is 2.67. The van der Waals surface area contributed by atoms with Gasteiger partial charge in [0.1, 0.15) is 0 Å².